The Morgan fingerprint density at radius 1 is 1.14 bits per heavy atom. The number of nitrogens with zero attached hydrogens (tertiary/aromatic N) is 3. The monoisotopic (exact) mass is 319 g/mol. The predicted molar refractivity (Wildman–Crippen MR) is 63.0 cm³/mol. The highest BCUT2D eigenvalue weighted by Gasteiger charge is 2.41. The van der Waals surface area contributed by atoms with E-state index in [2.05, 4.69) is 4.98 Å². The van der Waals surface area contributed by atoms with Gasteiger partial charge in [0.1, 0.15) is 17.3 Å². The number of pyridine rings is 1. The normalized spacial score (nSPS) is 12.3. The Morgan fingerprint density at radius 2 is 1.77 bits per heavy atom. The molecule has 0 aliphatic heterocycles. The minimum absolute atomic E-state index is 0.152. The molecule has 2 aromatic heterocycles. The van der Waals surface area contributed by atoms with E-state index in [1.807, 2.05) is 0 Å². The molecule has 0 N–H and O–H groups in total. The maximum Gasteiger partial charge on any atom is 0.433 e. The minimum atomic E-state index is -5.11. The van der Waals surface area contributed by atoms with Crippen LogP contribution in [0.15, 0.2) is 24.4 Å². The summed E-state index contributed by atoms with van der Waals surface area (Å²) in [6.45, 7) is 1.47. The SMILES string of the molecule is Cc1cccn1-c1nc(C(F)(F)F)cc(C(F)(F)F)c1C#N. The minimum Gasteiger partial charge on any atom is -0.305 e. The van der Waals surface area contributed by atoms with Crippen molar-refractivity contribution in [2.45, 2.75) is 19.3 Å². The van der Waals surface area contributed by atoms with Crippen molar-refractivity contribution in [2.75, 3.05) is 0 Å². The Hall–Kier alpha value is -2.50. The molecule has 0 fully saturated rings. The van der Waals surface area contributed by atoms with Gasteiger partial charge < -0.3 is 4.57 Å². The second-order valence-corrected chi connectivity index (χ2v) is 4.38. The molecule has 2 aromatic rings. The zero-order valence-electron chi connectivity index (χ0n) is 10.9. The standard InChI is InChI=1S/C13H7F6N3/c1-7-3-2-4-22(7)11-8(6-20)9(12(14,15)16)5-10(21-11)13(17,18)19/h2-5H,1H3. The molecule has 0 aliphatic rings. The summed E-state index contributed by atoms with van der Waals surface area (Å²) in [5.41, 5.74) is -3.99. The van der Waals surface area contributed by atoms with Gasteiger partial charge in [-0.25, -0.2) is 4.98 Å². The van der Waals surface area contributed by atoms with Crippen LogP contribution in [0.4, 0.5) is 26.3 Å². The highest BCUT2D eigenvalue weighted by Crippen LogP contribution is 2.38. The first kappa shape index (κ1) is 15.9. The number of hydrogen-bond acceptors (Lipinski definition) is 2. The molecular weight excluding hydrogens is 312 g/mol. The Bertz CT molecular complexity index is 749. The van der Waals surface area contributed by atoms with E-state index in [-0.39, 0.29) is 6.07 Å². The molecule has 0 atom stereocenters. The van der Waals surface area contributed by atoms with E-state index in [1.54, 1.807) is 0 Å². The van der Waals surface area contributed by atoms with Crippen molar-refractivity contribution in [3.05, 3.63) is 46.9 Å². The van der Waals surface area contributed by atoms with Gasteiger partial charge in [-0.2, -0.15) is 31.6 Å². The number of aryl methyl sites for hydroxylation is 1. The second kappa shape index (κ2) is 5.05. The first-order valence-electron chi connectivity index (χ1n) is 5.79. The van der Waals surface area contributed by atoms with Crippen LogP contribution >= 0.6 is 0 Å². The van der Waals surface area contributed by atoms with Crippen LogP contribution in [0.3, 0.4) is 0 Å². The lowest BCUT2D eigenvalue weighted by atomic mass is 10.1. The molecule has 22 heavy (non-hydrogen) atoms. The molecule has 0 spiro atoms. The molecule has 0 aromatic carbocycles. The summed E-state index contributed by atoms with van der Waals surface area (Å²) in [5.74, 6) is -0.702. The molecule has 0 bridgehead atoms. The molecule has 2 heterocycles. The van der Waals surface area contributed by atoms with E-state index in [9.17, 15) is 26.3 Å². The fourth-order valence-corrected chi connectivity index (χ4v) is 1.89. The molecule has 9 heteroatoms. The summed E-state index contributed by atoms with van der Waals surface area (Å²) < 4.78 is 78.3. The molecule has 0 saturated carbocycles. The summed E-state index contributed by atoms with van der Waals surface area (Å²) in [7, 11) is 0. The Morgan fingerprint density at radius 3 is 2.18 bits per heavy atom. The molecule has 3 nitrogen and oxygen atoms in total. The number of rotatable bonds is 1. The van der Waals surface area contributed by atoms with Crippen molar-refractivity contribution in [3.8, 4) is 11.9 Å². The average Bonchev–Trinajstić information content (AvgIpc) is 2.81. The van der Waals surface area contributed by atoms with Crippen LogP contribution in [0.1, 0.15) is 22.5 Å². The van der Waals surface area contributed by atoms with E-state index in [4.69, 9.17) is 5.26 Å². The molecule has 0 radical (unpaired) electrons. The second-order valence-electron chi connectivity index (χ2n) is 4.38. The third kappa shape index (κ3) is 2.77. The predicted octanol–water partition coefficient (Wildman–Crippen LogP) is 4.09. The Kier molecular flexibility index (Phi) is 3.64. The first-order valence-corrected chi connectivity index (χ1v) is 5.79. The maximum absolute atomic E-state index is 13.0. The maximum atomic E-state index is 13.0. The van der Waals surface area contributed by atoms with Crippen molar-refractivity contribution >= 4 is 0 Å². The van der Waals surface area contributed by atoms with Gasteiger partial charge in [-0.3, -0.25) is 0 Å². The lowest BCUT2D eigenvalue weighted by Gasteiger charge is -2.16. The van der Waals surface area contributed by atoms with Crippen LogP contribution in [0.25, 0.3) is 5.82 Å². The molecule has 0 aliphatic carbocycles. The Labute approximate surface area is 120 Å². The van der Waals surface area contributed by atoms with Gasteiger partial charge in [-0.05, 0) is 25.1 Å². The van der Waals surface area contributed by atoms with Crippen LogP contribution in [0, 0.1) is 18.3 Å². The molecule has 2 rings (SSSR count). The molecule has 116 valence electrons. The van der Waals surface area contributed by atoms with Gasteiger partial charge in [0.15, 0.2) is 5.82 Å². The number of alkyl halides is 6. The number of aromatic nitrogens is 2. The molecule has 0 unspecified atom stereocenters. The van der Waals surface area contributed by atoms with Crippen LogP contribution < -0.4 is 0 Å². The van der Waals surface area contributed by atoms with Gasteiger partial charge >= 0.3 is 12.4 Å². The quantitative estimate of drug-likeness (QED) is 0.743. The van der Waals surface area contributed by atoms with E-state index < -0.39 is 35.0 Å². The third-order valence-electron chi connectivity index (χ3n) is 2.89. The average molecular weight is 319 g/mol. The van der Waals surface area contributed by atoms with Crippen molar-refractivity contribution in [2.24, 2.45) is 0 Å². The topological polar surface area (TPSA) is 41.6 Å². The highest BCUT2D eigenvalue weighted by atomic mass is 19.4. The van der Waals surface area contributed by atoms with Gasteiger partial charge in [0.25, 0.3) is 0 Å². The lowest BCUT2D eigenvalue weighted by molar-refractivity contribution is -0.145. The third-order valence-corrected chi connectivity index (χ3v) is 2.89. The van der Waals surface area contributed by atoms with Crippen LogP contribution in [-0.4, -0.2) is 9.55 Å². The fourth-order valence-electron chi connectivity index (χ4n) is 1.89. The molecular formula is C13H7F6N3. The zero-order valence-corrected chi connectivity index (χ0v) is 10.9. The van der Waals surface area contributed by atoms with Crippen molar-refractivity contribution < 1.29 is 26.3 Å². The van der Waals surface area contributed by atoms with Gasteiger partial charge in [0, 0.05) is 11.9 Å². The fraction of sp³-hybridized carbons (Fsp3) is 0.231. The lowest BCUT2D eigenvalue weighted by Crippen LogP contribution is -2.18. The largest absolute Gasteiger partial charge is 0.433 e. The number of hydrogen-bond donors (Lipinski definition) is 0. The van der Waals surface area contributed by atoms with Crippen LogP contribution in [0.2, 0.25) is 0 Å². The van der Waals surface area contributed by atoms with E-state index >= 15 is 0 Å². The van der Waals surface area contributed by atoms with Crippen molar-refractivity contribution in [1.29, 1.82) is 5.26 Å². The van der Waals surface area contributed by atoms with Gasteiger partial charge in [-0.15, -0.1) is 0 Å². The smallest absolute Gasteiger partial charge is 0.305 e. The zero-order chi connectivity index (χ0) is 16.7. The summed E-state index contributed by atoms with van der Waals surface area (Å²) in [4.78, 5) is 3.21. The molecule has 0 saturated heterocycles. The van der Waals surface area contributed by atoms with E-state index in [0.29, 0.717) is 5.69 Å². The Balaban J connectivity index is 2.88. The van der Waals surface area contributed by atoms with Crippen molar-refractivity contribution in [1.82, 2.24) is 9.55 Å². The van der Waals surface area contributed by atoms with Crippen molar-refractivity contribution in [3.63, 3.8) is 0 Å². The summed E-state index contributed by atoms with van der Waals surface area (Å²) in [6.07, 6.45) is -8.94. The van der Waals surface area contributed by atoms with Gasteiger partial charge in [0.05, 0.1) is 5.56 Å². The summed E-state index contributed by atoms with van der Waals surface area (Å²) >= 11 is 0. The van der Waals surface area contributed by atoms with Gasteiger partial charge in [0.2, 0.25) is 0 Å². The van der Waals surface area contributed by atoms with Crippen LogP contribution in [0.5, 0.6) is 0 Å². The first-order chi connectivity index (χ1) is 10.1. The highest BCUT2D eigenvalue weighted by molar-refractivity contribution is 5.52. The van der Waals surface area contributed by atoms with E-state index in [1.165, 1.54) is 31.3 Å². The number of halogens is 6. The van der Waals surface area contributed by atoms with Gasteiger partial charge in [-0.1, -0.05) is 0 Å². The summed E-state index contributed by atoms with van der Waals surface area (Å²) in [5, 5.41) is 8.96. The summed E-state index contributed by atoms with van der Waals surface area (Å²) in [6, 6.07) is 4.03. The van der Waals surface area contributed by atoms with E-state index in [0.717, 1.165) is 4.57 Å². The molecule has 0 amide bonds. The number of nitriles is 1. The van der Waals surface area contributed by atoms with Crippen LogP contribution in [-0.2, 0) is 12.4 Å².